The minimum Gasteiger partial charge on any atom is -0.497 e. The third-order valence-corrected chi connectivity index (χ3v) is 4.16. The summed E-state index contributed by atoms with van der Waals surface area (Å²) in [6.45, 7) is 2.44. The van der Waals surface area contributed by atoms with E-state index in [1.807, 2.05) is 55.5 Å². The highest BCUT2D eigenvalue weighted by atomic mass is 16.5. The van der Waals surface area contributed by atoms with Crippen LogP contribution in [-0.2, 0) is 6.54 Å². The maximum atomic E-state index is 5.42. The van der Waals surface area contributed by atoms with Crippen LogP contribution < -0.4 is 24.8 Å². The van der Waals surface area contributed by atoms with Gasteiger partial charge in [-0.3, -0.25) is 0 Å². The van der Waals surface area contributed by atoms with Crippen LogP contribution in [0.5, 0.6) is 17.2 Å². The number of hydrogen-bond acceptors (Lipinski definition) is 7. The molecule has 0 atom stereocenters. The molecule has 0 bridgehead atoms. The maximum absolute atomic E-state index is 5.42. The van der Waals surface area contributed by atoms with Gasteiger partial charge in [0.05, 0.1) is 27.0 Å². The lowest BCUT2D eigenvalue weighted by Crippen LogP contribution is -2.06. The van der Waals surface area contributed by atoms with E-state index in [1.165, 1.54) is 0 Å². The third-order valence-electron chi connectivity index (χ3n) is 4.16. The average molecular weight is 380 g/mol. The summed E-state index contributed by atoms with van der Waals surface area (Å²) in [6, 6.07) is 15.3. The van der Waals surface area contributed by atoms with Gasteiger partial charge in [0.2, 0.25) is 0 Å². The van der Waals surface area contributed by atoms with E-state index in [9.17, 15) is 0 Å². The van der Waals surface area contributed by atoms with Gasteiger partial charge in [-0.2, -0.15) is 0 Å². The number of benzene rings is 2. The lowest BCUT2D eigenvalue weighted by molar-refractivity contribution is 0.405. The lowest BCUT2D eigenvalue weighted by atomic mass is 10.2. The summed E-state index contributed by atoms with van der Waals surface area (Å²) >= 11 is 0. The van der Waals surface area contributed by atoms with Crippen molar-refractivity contribution in [2.75, 3.05) is 32.0 Å². The molecule has 0 aliphatic heterocycles. The Labute approximate surface area is 164 Å². The predicted octanol–water partition coefficient (Wildman–Crippen LogP) is 4.17. The number of nitrogens with zero attached hydrogens (tertiary/aromatic N) is 2. The van der Waals surface area contributed by atoms with Gasteiger partial charge < -0.3 is 24.8 Å². The molecule has 0 unspecified atom stereocenters. The molecule has 0 aliphatic rings. The van der Waals surface area contributed by atoms with Crippen LogP contribution in [0.25, 0.3) is 0 Å². The minimum atomic E-state index is 0.586. The van der Waals surface area contributed by atoms with Gasteiger partial charge in [-0.1, -0.05) is 18.2 Å². The molecule has 1 aromatic heterocycles. The first-order valence-electron chi connectivity index (χ1n) is 8.83. The normalized spacial score (nSPS) is 10.3. The molecule has 28 heavy (non-hydrogen) atoms. The van der Waals surface area contributed by atoms with Crippen LogP contribution in [0.3, 0.4) is 0 Å². The molecule has 0 spiro atoms. The van der Waals surface area contributed by atoms with E-state index < -0.39 is 0 Å². The number of aryl methyl sites for hydroxylation is 1. The predicted molar refractivity (Wildman–Crippen MR) is 110 cm³/mol. The molecule has 0 radical (unpaired) electrons. The second kappa shape index (κ2) is 8.94. The SMILES string of the molecule is COc1ccc(OC)c(Nc2cc(NCc3ccccc3OC)nc(C)n2)c1. The van der Waals surface area contributed by atoms with Crippen LogP contribution in [0, 0.1) is 6.92 Å². The fraction of sp³-hybridized carbons (Fsp3) is 0.238. The van der Waals surface area contributed by atoms with E-state index in [0.29, 0.717) is 29.8 Å². The van der Waals surface area contributed by atoms with Crippen molar-refractivity contribution in [1.82, 2.24) is 9.97 Å². The van der Waals surface area contributed by atoms with E-state index in [4.69, 9.17) is 14.2 Å². The zero-order valence-corrected chi connectivity index (χ0v) is 16.4. The van der Waals surface area contributed by atoms with Gasteiger partial charge in [0.15, 0.2) is 0 Å². The molecular weight excluding hydrogens is 356 g/mol. The molecule has 146 valence electrons. The number of anilines is 3. The zero-order chi connectivity index (χ0) is 19.9. The van der Waals surface area contributed by atoms with Crippen LogP contribution in [0.15, 0.2) is 48.5 Å². The molecule has 3 rings (SSSR count). The van der Waals surface area contributed by atoms with E-state index in [1.54, 1.807) is 21.3 Å². The summed E-state index contributed by atoms with van der Waals surface area (Å²) in [5.41, 5.74) is 1.81. The Kier molecular flexibility index (Phi) is 6.16. The molecule has 0 saturated heterocycles. The maximum Gasteiger partial charge on any atom is 0.142 e. The zero-order valence-electron chi connectivity index (χ0n) is 16.4. The van der Waals surface area contributed by atoms with E-state index in [2.05, 4.69) is 20.6 Å². The van der Waals surface area contributed by atoms with Crippen molar-refractivity contribution in [3.8, 4) is 17.2 Å². The highest BCUT2D eigenvalue weighted by molar-refractivity contribution is 5.67. The van der Waals surface area contributed by atoms with Crippen LogP contribution >= 0.6 is 0 Å². The van der Waals surface area contributed by atoms with Crippen LogP contribution in [0.1, 0.15) is 11.4 Å². The van der Waals surface area contributed by atoms with Crippen LogP contribution in [0.4, 0.5) is 17.3 Å². The summed E-state index contributed by atoms with van der Waals surface area (Å²) in [7, 11) is 4.91. The summed E-state index contributed by atoms with van der Waals surface area (Å²) in [6.07, 6.45) is 0. The summed E-state index contributed by atoms with van der Waals surface area (Å²) in [4.78, 5) is 8.93. The lowest BCUT2D eigenvalue weighted by Gasteiger charge is -2.14. The fourth-order valence-corrected chi connectivity index (χ4v) is 2.81. The summed E-state index contributed by atoms with van der Waals surface area (Å²) < 4.78 is 16.1. The van der Waals surface area contributed by atoms with Crippen molar-refractivity contribution in [2.45, 2.75) is 13.5 Å². The van der Waals surface area contributed by atoms with Gasteiger partial charge in [-0.25, -0.2) is 9.97 Å². The third kappa shape index (κ3) is 4.62. The second-order valence-corrected chi connectivity index (χ2v) is 6.04. The fourth-order valence-electron chi connectivity index (χ4n) is 2.81. The summed E-state index contributed by atoms with van der Waals surface area (Å²) in [5.74, 6) is 4.27. The topological polar surface area (TPSA) is 77.5 Å². The Morgan fingerprint density at radius 1 is 0.821 bits per heavy atom. The van der Waals surface area contributed by atoms with E-state index >= 15 is 0 Å². The quantitative estimate of drug-likeness (QED) is 0.607. The Hall–Kier alpha value is -3.48. The molecule has 2 aromatic carbocycles. The van der Waals surface area contributed by atoms with Crippen molar-refractivity contribution in [3.05, 3.63) is 59.9 Å². The van der Waals surface area contributed by atoms with Gasteiger partial charge in [0.1, 0.15) is 34.7 Å². The standard InChI is InChI=1S/C21H24N4O3/c1-14-23-20(22-13-15-7-5-6-8-18(15)27-3)12-21(24-14)25-17-11-16(26-2)9-10-19(17)28-4/h5-12H,13H2,1-4H3,(H2,22,23,24,25). The first kappa shape index (κ1) is 19.3. The number of hydrogen-bond donors (Lipinski definition) is 2. The first-order chi connectivity index (χ1) is 13.6. The molecule has 0 aliphatic carbocycles. The van der Waals surface area contributed by atoms with Crippen molar-refractivity contribution < 1.29 is 14.2 Å². The number of para-hydroxylation sites is 1. The Balaban J connectivity index is 1.80. The van der Waals surface area contributed by atoms with Crippen molar-refractivity contribution in [3.63, 3.8) is 0 Å². The van der Waals surface area contributed by atoms with Gasteiger partial charge in [0, 0.05) is 24.2 Å². The minimum absolute atomic E-state index is 0.586. The van der Waals surface area contributed by atoms with E-state index in [0.717, 1.165) is 22.7 Å². The monoisotopic (exact) mass is 380 g/mol. The van der Waals surface area contributed by atoms with Crippen molar-refractivity contribution >= 4 is 17.3 Å². The number of ether oxygens (including phenoxy) is 3. The molecular formula is C21H24N4O3. The van der Waals surface area contributed by atoms with Crippen LogP contribution in [-0.4, -0.2) is 31.3 Å². The number of rotatable bonds is 8. The van der Waals surface area contributed by atoms with Gasteiger partial charge in [-0.05, 0) is 25.1 Å². The van der Waals surface area contributed by atoms with Crippen molar-refractivity contribution in [2.24, 2.45) is 0 Å². The number of nitrogens with one attached hydrogen (secondary N) is 2. The van der Waals surface area contributed by atoms with Crippen molar-refractivity contribution in [1.29, 1.82) is 0 Å². The highest BCUT2D eigenvalue weighted by Crippen LogP contribution is 2.31. The molecule has 1 heterocycles. The second-order valence-electron chi connectivity index (χ2n) is 6.04. The highest BCUT2D eigenvalue weighted by Gasteiger charge is 2.09. The number of aromatic nitrogens is 2. The van der Waals surface area contributed by atoms with Gasteiger partial charge in [0.25, 0.3) is 0 Å². The molecule has 0 fully saturated rings. The number of methoxy groups -OCH3 is 3. The Morgan fingerprint density at radius 3 is 2.32 bits per heavy atom. The molecule has 3 aromatic rings. The molecule has 0 amide bonds. The summed E-state index contributed by atoms with van der Waals surface area (Å²) in [5, 5.41) is 6.61. The molecule has 0 saturated carbocycles. The molecule has 7 heteroatoms. The Bertz CT molecular complexity index is 947. The van der Waals surface area contributed by atoms with E-state index in [-0.39, 0.29) is 0 Å². The largest absolute Gasteiger partial charge is 0.497 e. The van der Waals surface area contributed by atoms with Crippen LogP contribution in [0.2, 0.25) is 0 Å². The van der Waals surface area contributed by atoms with Gasteiger partial charge in [-0.15, -0.1) is 0 Å². The first-order valence-corrected chi connectivity index (χ1v) is 8.83. The average Bonchev–Trinajstić information content (AvgIpc) is 2.72. The molecule has 7 nitrogen and oxygen atoms in total. The van der Waals surface area contributed by atoms with Gasteiger partial charge >= 0.3 is 0 Å². The molecule has 2 N–H and O–H groups in total. The smallest absolute Gasteiger partial charge is 0.142 e. The Morgan fingerprint density at radius 2 is 1.57 bits per heavy atom.